The van der Waals surface area contributed by atoms with Gasteiger partial charge in [0.1, 0.15) is 23.7 Å². The molecule has 0 aliphatic carbocycles. The minimum absolute atomic E-state index is 0.00875. The lowest BCUT2D eigenvalue weighted by atomic mass is 10.1. The number of benzene rings is 1. The number of pyridine rings is 2. The van der Waals surface area contributed by atoms with E-state index in [1.165, 1.54) is 42.5 Å². The molecule has 10 heteroatoms. The van der Waals surface area contributed by atoms with E-state index in [4.69, 9.17) is 9.47 Å². The fraction of sp³-hybridized carbons (Fsp3) is 0.240. The van der Waals surface area contributed by atoms with E-state index >= 15 is 0 Å². The Morgan fingerprint density at radius 1 is 1.14 bits per heavy atom. The highest BCUT2D eigenvalue weighted by molar-refractivity contribution is 7.90. The van der Waals surface area contributed by atoms with Crippen molar-refractivity contribution < 1.29 is 27.1 Å². The summed E-state index contributed by atoms with van der Waals surface area (Å²) in [5.74, 6) is -1.02. The first-order valence-corrected chi connectivity index (χ1v) is 12.3. The van der Waals surface area contributed by atoms with Crippen LogP contribution in [0.1, 0.15) is 29.9 Å². The average molecular weight is 500 g/mol. The van der Waals surface area contributed by atoms with Crippen molar-refractivity contribution in [3.8, 4) is 22.9 Å². The molecule has 2 heterocycles. The van der Waals surface area contributed by atoms with Gasteiger partial charge in [0.15, 0.2) is 5.03 Å². The number of halogens is 1. The lowest BCUT2D eigenvalue weighted by Crippen LogP contribution is -2.31. The minimum atomic E-state index is -4.23. The number of sulfonamides is 1. The van der Waals surface area contributed by atoms with Gasteiger partial charge < -0.3 is 9.47 Å². The van der Waals surface area contributed by atoms with Gasteiger partial charge in [-0.2, -0.15) is 8.42 Å². The number of hydrogen-bond acceptors (Lipinski definition) is 7. The average Bonchev–Trinajstić information content (AvgIpc) is 2.80. The molecule has 0 fully saturated rings. The molecular formula is C25H26FN3O5S. The molecular weight excluding hydrogens is 473 g/mol. The molecule has 1 amide bonds. The first kappa shape index (κ1) is 25.8. The molecule has 0 aliphatic heterocycles. The Balaban J connectivity index is 1.94. The van der Waals surface area contributed by atoms with E-state index in [2.05, 4.69) is 16.5 Å². The van der Waals surface area contributed by atoms with Gasteiger partial charge in [-0.15, -0.1) is 0 Å². The molecule has 0 unspecified atom stereocenters. The summed E-state index contributed by atoms with van der Waals surface area (Å²) in [6.07, 6.45) is 1.45. The third-order valence-corrected chi connectivity index (χ3v) is 5.79. The summed E-state index contributed by atoms with van der Waals surface area (Å²) in [6.45, 7) is 9.58. The van der Waals surface area contributed by atoms with Crippen molar-refractivity contribution in [1.82, 2.24) is 14.7 Å². The van der Waals surface area contributed by atoms with E-state index in [0.717, 1.165) is 0 Å². The molecule has 3 rings (SSSR count). The number of ether oxygens (including phenoxy) is 2. The van der Waals surface area contributed by atoms with E-state index in [1.54, 1.807) is 19.1 Å². The van der Waals surface area contributed by atoms with E-state index in [-0.39, 0.29) is 29.0 Å². The van der Waals surface area contributed by atoms with Crippen molar-refractivity contribution in [2.24, 2.45) is 5.92 Å². The topological polar surface area (TPSA) is 107 Å². The van der Waals surface area contributed by atoms with Gasteiger partial charge in [0.2, 0.25) is 5.88 Å². The van der Waals surface area contributed by atoms with Crippen molar-refractivity contribution in [3.63, 3.8) is 0 Å². The second-order valence-electron chi connectivity index (χ2n) is 8.08. The van der Waals surface area contributed by atoms with Gasteiger partial charge in [0.05, 0.1) is 12.3 Å². The van der Waals surface area contributed by atoms with Gasteiger partial charge in [-0.3, -0.25) is 4.79 Å². The predicted molar refractivity (Wildman–Crippen MR) is 129 cm³/mol. The fourth-order valence-corrected chi connectivity index (χ4v) is 3.96. The summed E-state index contributed by atoms with van der Waals surface area (Å²) in [5, 5.41) is -0.294. The van der Waals surface area contributed by atoms with Crippen LogP contribution < -0.4 is 14.2 Å². The summed E-state index contributed by atoms with van der Waals surface area (Å²) >= 11 is 0. The smallest absolute Gasteiger partial charge is 0.281 e. The molecule has 0 saturated heterocycles. The molecule has 184 valence electrons. The van der Waals surface area contributed by atoms with Gasteiger partial charge in [-0.25, -0.2) is 19.1 Å². The van der Waals surface area contributed by atoms with Gasteiger partial charge in [-0.1, -0.05) is 32.6 Å². The Hall–Kier alpha value is -3.79. The van der Waals surface area contributed by atoms with Crippen LogP contribution in [0.25, 0.3) is 11.3 Å². The lowest BCUT2D eigenvalue weighted by molar-refractivity contribution is 0.0977. The summed E-state index contributed by atoms with van der Waals surface area (Å²) < 4.78 is 52.6. The largest absolute Gasteiger partial charge is 0.493 e. The van der Waals surface area contributed by atoms with Crippen LogP contribution in [0.4, 0.5) is 4.39 Å². The summed E-state index contributed by atoms with van der Waals surface area (Å²) in [5.41, 5.74) is 1.06. The van der Waals surface area contributed by atoms with Gasteiger partial charge in [-0.05, 0) is 49.2 Å². The number of hydrogen-bond donors (Lipinski definition) is 1. The standard InChI is InChI=1S/C25H26FN3O5S/c1-5-11-33-25-21(24(30)29-35(31,32)23-8-6-7-17(4)27-23)9-10-22(28-25)18-12-19(26)14-20(13-18)34-15-16(2)3/h5-10,12-14,16H,1,11,15H2,2-4H3,(H,29,30). The molecule has 2 aromatic heterocycles. The molecule has 0 saturated carbocycles. The molecule has 3 aromatic rings. The highest BCUT2D eigenvalue weighted by Gasteiger charge is 2.24. The van der Waals surface area contributed by atoms with Crippen LogP contribution in [-0.4, -0.2) is 37.5 Å². The SMILES string of the molecule is C=CCOc1nc(-c2cc(F)cc(OCC(C)C)c2)ccc1C(=O)NS(=O)(=O)c1cccc(C)n1. The third kappa shape index (κ3) is 6.86. The Morgan fingerprint density at radius 2 is 1.91 bits per heavy atom. The summed E-state index contributed by atoms with van der Waals surface area (Å²) in [6, 6.07) is 11.4. The van der Waals surface area contributed by atoms with Crippen molar-refractivity contribution in [3.05, 3.63) is 78.3 Å². The second kappa shape index (κ2) is 11.1. The number of amides is 1. The van der Waals surface area contributed by atoms with Crippen molar-refractivity contribution in [2.45, 2.75) is 25.8 Å². The van der Waals surface area contributed by atoms with E-state index in [1.807, 2.05) is 18.6 Å². The molecule has 0 atom stereocenters. The van der Waals surface area contributed by atoms with Crippen molar-refractivity contribution in [1.29, 1.82) is 0 Å². The summed E-state index contributed by atoms with van der Waals surface area (Å²) in [7, 11) is -4.23. The normalized spacial score (nSPS) is 11.2. The first-order valence-electron chi connectivity index (χ1n) is 10.8. The van der Waals surface area contributed by atoms with Crippen LogP contribution in [0.2, 0.25) is 0 Å². The maximum absolute atomic E-state index is 14.2. The number of carbonyl (C=O) groups excluding carboxylic acids is 1. The van der Waals surface area contributed by atoms with E-state index in [0.29, 0.717) is 29.3 Å². The van der Waals surface area contributed by atoms with Crippen LogP contribution in [0, 0.1) is 18.7 Å². The minimum Gasteiger partial charge on any atom is -0.493 e. The zero-order valence-electron chi connectivity index (χ0n) is 19.6. The number of nitrogens with zero attached hydrogens (tertiary/aromatic N) is 2. The summed E-state index contributed by atoms with van der Waals surface area (Å²) in [4.78, 5) is 21.1. The Bertz CT molecular complexity index is 1340. The maximum atomic E-state index is 14.2. The van der Waals surface area contributed by atoms with E-state index < -0.39 is 21.7 Å². The van der Waals surface area contributed by atoms with Crippen LogP contribution >= 0.6 is 0 Å². The molecule has 1 N–H and O–H groups in total. The van der Waals surface area contributed by atoms with Crippen molar-refractivity contribution in [2.75, 3.05) is 13.2 Å². The Labute approximate surface area is 203 Å². The second-order valence-corrected chi connectivity index (χ2v) is 9.71. The zero-order chi connectivity index (χ0) is 25.6. The molecule has 1 aromatic carbocycles. The van der Waals surface area contributed by atoms with Gasteiger partial charge in [0, 0.05) is 17.3 Å². The molecule has 0 radical (unpaired) electrons. The van der Waals surface area contributed by atoms with Gasteiger partial charge in [0.25, 0.3) is 15.9 Å². The third-order valence-electron chi connectivity index (χ3n) is 4.56. The first-order chi connectivity index (χ1) is 16.6. The number of aryl methyl sites for hydroxylation is 1. The lowest BCUT2D eigenvalue weighted by Gasteiger charge is -2.13. The van der Waals surface area contributed by atoms with Crippen molar-refractivity contribution >= 4 is 15.9 Å². The van der Waals surface area contributed by atoms with E-state index in [9.17, 15) is 17.6 Å². The number of nitrogens with one attached hydrogen (secondary N) is 1. The number of rotatable bonds is 10. The predicted octanol–water partition coefficient (Wildman–Crippen LogP) is 4.31. The van der Waals surface area contributed by atoms with Crippen LogP contribution in [-0.2, 0) is 10.0 Å². The number of aromatic nitrogens is 2. The molecule has 0 aliphatic rings. The monoisotopic (exact) mass is 499 g/mol. The zero-order valence-corrected chi connectivity index (χ0v) is 20.4. The highest BCUT2D eigenvalue weighted by atomic mass is 32.2. The maximum Gasteiger partial charge on any atom is 0.281 e. The van der Waals surface area contributed by atoms with Crippen LogP contribution in [0.3, 0.4) is 0 Å². The van der Waals surface area contributed by atoms with Gasteiger partial charge >= 0.3 is 0 Å². The Morgan fingerprint density at radius 3 is 2.60 bits per heavy atom. The fourth-order valence-electron chi connectivity index (χ4n) is 2.98. The molecule has 0 spiro atoms. The number of carbonyl (C=O) groups is 1. The van der Waals surface area contributed by atoms with Crippen LogP contribution in [0.15, 0.2) is 66.2 Å². The molecule has 8 nitrogen and oxygen atoms in total. The highest BCUT2D eigenvalue weighted by Crippen LogP contribution is 2.28. The quantitative estimate of drug-likeness (QED) is 0.414. The molecule has 35 heavy (non-hydrogen) atoms. The Kier molecular flexibility index (Phi) is 8.18. The van der Waals surface area contributed by atoms with Crippen LogP contribution in [0.5, 0.6) is 11.6 Å². The molecule has 0 bridgehead atoms.